The Bertz CT molecular complexity index is 489. The van der Waals surface area contributed by atoms with Gasteiger partial charge in [0.1, 0.15) is 5.69 Å². The molecule has 18 heavy (non-hydrogen) atoms. The molecular formula is C14H19N3O. The van der Waals surface area contributed by atoms with Crippen LogP contribution in [0.1, 0.15) is 19.5 Å². The van der Waals surface area contributed by atoms with E-state index in [1.165, 1.54) is 0 Å². The average Bonchev–Trinajstić information content (AvgIpc) is 2.78. The molecule has 0 unspecified atom stereocenters. The normalized spacial score (nSPS) is 11.1. The zero-order chi connectivity index (χ0) is 13.0. The molecule has 1 aromatic carbocycles. The lowest BCUT2D eigenvalue weighted by molar-refractivity contribution is 0.284. The van der Waals surface area contributed by atoms with Gasteiger partial charge >= 0.3 is 0 Å². The first-order valence-corrected chi connectivity index (χ1v) is 6.28. The van der Waals surface area contributed by atoms with Gasteiger partial charge in [0.2, 0.25) is 5.88 Å². The molecule has 0 fully saturated rings. The van der Waals surface area contributed by atoms with Gasteiger partial charge in [-0.3, -0.25) is 4.90 Å². The molecule has 4 heteroatoms. The van der Waals surface area contributed by atoms with Crippen molar-refractivity contribution in [1.82, 2.24) is 10.1 Å². The van der Waals surface area contributed by atoms with E-state index >= 15 is 0 Å². The van der Waals surface area contributed by atoms with E-state index in [9.17, 15) is 0 Å². The smallest absolute Gasteiger partial charge is 0.230 e. The number of nitrogen functional groups attached to an aromatic ring is 1. The molecule has 0 aliphatic rings. The fraction of sp³-hybridized carbons (Fsp3) is 0.357. The zero-order valence-corrected chi connectivity index (χ0v) is 10.9. The van der Waals surface area contributed by atoms with Crippen LogP contribution >= 0.6 is 0 Å². The van der Waals surface area contributed by atoms with Crippen molar-refractivity contribution in [1.29, 1.82) is 0 Å². The minimum Gasteiger partial charge on any atom is -0.367 e. The molecule has 0 amide bonds. The molecule has 0 radical (unpaired) electrons. The second kappa shape index (κ2) is 5.69. The van der Waals surface area contributed by atoms with Crippen molar-refractivity contribution >= 4 is 5.88 Å². The lowest BCUT2D eigenvalue weighted by atomic mass is 10.1. The van der Waals surface area contributed by atoms with E-state index in [2.05, 4.69) is 23.9 Å². The number of nitrogens with two attached hydrogens (primary N) is 1. The minimum absolute atomic E-state index is 0.392. The number of nitrogens with zero attached hydrogens (tertiary/aromatic N) is 2. The van der Waals surface area contributed by atoms with Crippen molar-refractivity contribution in [3.05, 3.63) is 36.0 Å². The number of rotatable bonds is 5. The standard InChI is InChI=1S/C14H19N3O/c1-3-17(4-2)10-12-13(14(15)18-16-12)11-8-6-5-7-9-11/h5-9H,3-4,10,15H2,1-2H3. The monoisotopic (exact) mass is 245 g/mol. The zero-order valence-electron chi connectivity index (χ0n) is 10.9. The summed E-state index contributed by atoms with van der Waals surface area (Å²) in [6.07, 6.45) is 0. The summed E-state index contributed by atoms with van der Waals surface area (Å²) in [4.78, 5) is 2.28. The van der Waals surface area contributed by atoms with Gasteiger partial charge in [-0.25, -0.2) is 0 Å². The van der Waals surface area contributed by atoms with Crippen LogP contribution in [0.3, 0.4) is 0 Å². The first-order valence-electron chi connectivity index (χ1n) is 6.28. The van der Waals surface area contributed by atoms with Crippen LogP contribution in [0.2, 0.25) is 0 Å². The number of hydrogen-bond donors (Lipinski definition) is 1. The van der Waals surface area contributed by atoms with Crippen molar-refractivity contribution in [3.8, 4) is 11.1 Å². The van der Waals surface area contributed by atoms with E-state index < -0.39 is 0 Å². The Labute approximate surface area is 107 Å². The Morgan fingerprint density at radius 3 is 2.44 bits per heavy atom. The summed E-state index contributed by atoms with van der Waals surface area (Å²) in [6.45, 7) is 7.00. The molecule has 0 atom stereocenters. The van der Waals surface area contributed by atoms with Gasteiger partial charge in [-0.2, -0.15) is 0 Å². The summed E-state index contributed by atoms with van der Waals surface area (Å²) in [5.74, 6) is 0.392. The largest absolute Gasteiger partial charge is 0.367 e. The van der Waals surface area contributed by atoms with E-state index in [4.69, 9.17) is 10.3 Å². The van der Waals surface area contributed by atoms with E-state index in [0.717, 1.165) is 36.5 Å². The van der Waals surface area contributed by atoms with Crippen LogP contribution in [0.25, 0.3) is 11.1 Å². The number of benzene rings is 1. The van der Waals surface area contributed by atoms with Crippen LogP contribution in [-0.4, -0.2) is 23.1 Å². The number of anilines is 1. The summed E-state index contributed by atoms with van der Waals surface area (Å²) in [6, 6.07) is 10.0. The van der Waals surface area contributed by atoms with Gasteiger partial charge in [0.25, 0.3) is 0 Å². The van der Waals surface area contributed by atoms with Crippen molar-refractivity contribution in [3.63, 3.8) is 0 Å². The van der Waals surface area contributed by atoms with Crippen molar-refractivity contribution in [2.45, 2.75) is 20.4 Å². The summed E-state index contributed by atoms with van der Waals surface area (Å²) in [5, 5.41) is 4.09. The highest BCUT2D eigenvalue weighted by Gasteiger charge is 2.16. The molecule has 0 aliphatic heterocycles. The first kappa shape index (κ1) is 12.6. The van der Waals surface area contributed by atoms with Gasteiger partial charge in [-0.1, -0.05) is 49.3 Å². The van der Waals surface area contributed by atoms with Gasteiger partial charge in [0.05, 0.1) is 5.56 Å². The van der Waals surface area contributed by atoms with Gasteiger partial charge in [0.15, 0.2) is 0 Å². The minimum atomic E-state index is 0.392. The molecule has 0 bridgehead atoms. The molecule has 0 saturated carbocycles. The van der Waals surface area contributed by atoms with E-state index in [1.807, 2.05) is 30.3 Å². The maximum atomic E-state index is 5.88. The first-order chi connectivity index (χ1) is 8.76. The third-order valence-corrected chi connectivity index (χ3v) is 3.12. The van der Waals surface area contributed by atoms with Crippen LogP contribution < -0.4 is 5.73 Å². The molecule has 4 nitrogen and oxygen atoms in total. The summed E-state index contributed by atoms with van der Waals surface area (Å²) in [7, 11) is 0. The van der Waals surface area contributed by atoms with Gasteiger partial charge in [0, 0.05) is 6.54 Å². The topological polar surface area (TPSA) is 55.3 Å². The lowest BCUT2D eigenvalue weighted by Crippen LogP contribution is -2.22. The highest BCUT2D eigenvalue weighted by atomic mass is 16.5. The fourth-order valence-corrected chi connectivity index (χ4v) is 2.02. The SMILES string of the molecule is CCN(CC)Cc1noc(N)c1-c1ccccc1. The molecule has 2 N–H and O–H groups in total. The third-order valence-electron chi connectivity index (χ3n) is 3.12. The van der Waals surface area contributed by atoms with Crippen LogP contribution in [-0.2, 0) is 6.54 Å². The van der Waals surface area contributed by atoms with E-state index in [1.54, 1.807) is 0 Å². The Morgan fingerprint density at radius 2 is 1.83 bits per heavy atom. The summed E-state index contributed by atoms with van der Waals surface area (Å²) >= 11 is 0. The maximum absolute atomic E-state index is 5.88. The van der Waals surface area contributed by atoms with Crippen LogP contribution in [0.15, 0.2) is 34.9 Å². The van der Waals surface area contributed by atoms with Crippen LogP contribution in [0.4, 0.5) is 5.88 Å². The quantitative estimate of drug-likeness (QED) is 0.880. The Hall–Kier alpha value is -1.81. The van der Waals surface area contributed by atoms with Crippen molar-refractivity contribution in [2.75, 3.05) is 18.8 Å². The Kier molecular flexibility index (Phi) is 3.99. The van der Waals surface area contributed by atoms with E-state index in [-0.39, 0.29) is 0 Å². The van der Waals surface area contributed by atoms with E-state index in [0.29, 0.717) is 5.88 Å². The molecule has 1 aromatic heterocycles. The van der Waals surface area contributed by atoms with Gasteiger partial charge < -0.3 is 10.3 Å². The molecule has 1 heterocycles. The lowest BCUT2D eigenvalue weighted by Gasteiger charge is -2.16. The molecule has 2 rings (SSSR count). The molecular weight excluding hydrogens is 226 g/mol. The number of aromatic nitrogens is 1. The maximum Gasteiger partial charge on any atom is 0.230 e. The predicted molar refractivity (Wildman–Crippen MR) is 73.0 cm³/mol. The third kappa shape index (κ3) is 2.54. The average molecular weight is 245 g/mol. The highest BCUT2D eigenvalue weighted by molar-refractivity contribution is 5.74. The molecule has 96 valence electrons. The van der Waals surface area contributed by atoms with Gasteiger partial charge in [-0.15, -0.1) is 0 Å². The van der Waals surface area contributed by atoms with Crippen molar-refractivity contribution < 1.29 is 4.52 Å². The fourth-order valence-electron chi connectivity index (χ4n) is 2.02. The highest BCUT2D eigenvalue weighted by Crippen LogP contribution is 2.30. The summed E-state index contributed by atoms with van der Waals surface area (Å²) < 4.78 is 5.14. The van der Waals surface area contributed by atoms with Crippen LogP contribution in [0.5, 0.6) is 0 Å². The second-order valence-corrected chi connectivity index (χ2v) is 4.20. The molecule has 0 spiro atoms. The van der Waals surface area contributed by atoms with Gasteiger partial charge in [-0.05, 0) is 18.7 Å². The molecule has 0 saturated heterocycles. The second-order valence-electron chi connectivity index (χ2n) is 4.20. The Balaban J connectivity index is 2.33. The van der Waals surface area contributed by atoms with Crippen LogP contribution in [0, 0.1) is 0 Å². The van der Waals surface area contributed by atoms with Crippen molar-refractivity contribution in [2.24, 2.45) is 0 Å². The molecule has 2 aromatic rings. The number of hydrogen-bond acceptors (Lipinski definition) is 4. The Morgan fingerprint density at radius 1 is 1.17 bits per heavy atom. The molecule has 0 aliphatic carbocycles. The predicted octanol–water partition coefficient (Wildman–Crippen LogP) is 2.77. The summed E-state index contributed by atoms with van der Waals surface area (Å²) in [5.41, 5.74) is 8.76.